The Kier molecular flexibility index (Phi) is 6.80. The minimum Gasteiger partial charge on any atom is -0.371 e. The Morgan fingerprint density at radius 3 is 2.37 bits per heavy atom. The van der Waals surface area contributed by atoms with E-state index in [2.05, 4.69) is 48.8 Å². The third-order valence-electron chi connectivity index (χ3n) is 9.85. The van der Waals surface area contributed by atoms with Gasteiger partial charge in [-0.2, -0.15) is 0 Å². The molecule has 2 aliphatic heterocycles. The number of piperidine rings is 1. The van der Waals surface area contributed by atoms with Crippen LogP contribution in [0.2, 0.25) is 0 Å². The van der Waals surface area contributed by atoms with Gasteiger partial charge in [0.25, 0.3) is 0 Å². The summed E-state index contributed by atoms with van der Waals surface area (Å²) in [6.07, 6.45) is 9.04. The number of aryl methyl sites for hydroxylation is 3. The average Bonchev–Trinajstić information content (AvgIpc) is 2.89. The van der Waals surface area contributed by atoms with Crippen molar-refractivity contribution in [3.05, 3.63) is 81.4 Å². The highest BCUT2D eigenvalue weighted by Crippen LogP contribution is 2.50. The molecule has 3 heterocycles. The van der Waals surface area contributed by atoms with Gasteiger partial charge in [0, 0.05) is 49.7 Å². The zero-order chi connectivity index (χ0) is 26.4. The number of anilines is 1. The molecule has 3 nitrogen and oxygen atoms in total. The Morgan fingerprint density at radius 2 is 1.68 bits per heavy atom. The second kappa shape index (κ2) is 10.1. The van der Waals surface area contributed by atoms with E-state index in [-0.39, 0.29) is 5.82 Å². The molecule has 2 fully saturated rings. The quantitative estimate of drug-likeness (QED) is 0.350. The van der Waals surface area contributed by atoms with E-state index in [0.717, 1.165) is 43.7 Å². The summed E-state index contributed by atoms with van der Waals surface area (Å²) in [6, 6.07) is 12.3. The minimum absolute atomic E-state index is 0.152. The zero-order valence-corrected chi connectivity index (χ0v) is 23.7. The van der Waals surface area contributed by atoms with Gasteiger partial charge in [-0.05, 0) is 110 Å². The van der Waals surface area contributed by atoms with E-state index in [4.69, 9.17) is 4.98 Å². The molecule has 1 saturated heterocycles. The molecule has 38 heavy (non-hydrogen) atoms. The van der Waals surface area contributed by atoms with Crippen LogP contribution in [0.1, 0.15) is 78.2 Å². The van der Waals surface area contributed by atoms with Gasteiger partial charge in [0.05, 0.1) is 5.69 Å². The first kappa shape index (κ1) is 25.6. The molecule has 3 aromatic rings. The second-order valence-corrected chi connectivity index (χ2v) is 12.2. The van der Waals surface area contributed by atoms with Crippen molar-refractivity contribution in [1.29, 1.82) is 0 Å². The van der Waals surface area contributed by atoms with Crippen LogP contribution in [0.15, 0.2) is 36.4 Å². The van der Waals surface area contributed by atoms with Crippen LogP contribution in [0.25, 0.3) is 11.1 Å². The Hall–Kier alpha value is -2.72. The smallest absolute Gasteiger partial charge is 0.123 e. The highest BCUT2D eigenvalue weighted by atomic mass is 19.1. The summed E-state index contributed by atoms with van der Waals surface area (Å²) in [5.74, 6) is -0.152. The number of pyridine rings is 1. The van der Waals surface area contributed by atoms with Crippen LogP contribution in [-0.2, 0) is 25.9 Å². The third-order valence-corrected chi connectivity index (χ3v) is 9.85. The van der Waals surface area contributed by atoms with Crippen LogP contribution >= 0.6 is 0 Å². The van der Waals surface area contributed by atoms with E-state index in [1.165, 1.54) is 90.0 Å². The summed E-state index contributed by atoms with van der Waals surface area (Å²) in [5.41, 5.74) is 13.7. The van der Waals surface area contributed by atoms with Gasteiger partial charge in [-0.25, -0.2) is 4.39 Å². The van der Waals surface area contributed by atoms with Crippen LogP contribution in [0, 0.1) is 32.0 Å². The fourth-order valence-electron chi connectivity index (χ4n) is 7.35. The molecule has 0 unspecified atom stereocenters. The Labute approximate surface area is 228 Å². The molecule has 0 radical (unpaired) electrons. The van der Waals surface area contributed by atoms with Crippen LogP contribution < -0.4 is 4.90 Å². The molecule has 0 bridgehead atoms. The topological polar surface area (TPSA) is 19.4 Å². The van der Waals surface area contributed by atoms with E-state index < -0.39 is 0 Å². The molecule has 200 valence electrons. The molecule has 1 aliphatic carbocycles. The number of benzene rings is 2. The van der Waals surface area contributed by atoms with Crippen molar-refractivity contribution in [2.24, 2.45) is 5.41 Å². The summed E-state index contributed by atoms with van der Waals surface area (Å²) in [5, 5.41) is 0. The van der Waals surface area contributed by atoms with Crippen molar-refractivity contribution in [3.63, 3.8) is 0 Å². The third kappa shape index (κ3) is 4.66. The molecule has 1 saturated carbocycles. The summed E-state index contributed by atoms with van der Waals surface area (Å²) < 4.78 is 13.6. The first-order valence-electron chi connectivity index (χ1n) is 14.7. The Balaban J connectivity index is 1.29. The van der Waals surface area contributed by atoms with Crippen LogP contribution in [0.3, 0.4) is 0 Å². The lowest BCUT2D eigenvalue weighted by Crippen LogP contribution is -2.44. The normalized spacial score (nSPS) is 18.9. The first-order valence-corrected chi connectivity index (χ1v) is 14.7. The number of aromatic nitrogens is 1. The highest BCUT2D eigenvalue weighted by Gasteiger charge is 2.40. The number of hydrogen-bond acceptors (Lipinski definition) is 3. The van der Waals surface area contributed by atoms with Crippen molar-refractivity contribution >= 4 is 5.69 Å². The molecule has 6 rings (SSSR count). The van der Waals surface area contributed by atoms with Gasteiger partial charge in [-0.15, -0.1) is 0 Å². The van der Waals surface area contributed by atoms with Gasteiger partial charge in [-0.3, -0.25) is 9.88 Å². The maximum atomic E-state index is 13.6. The predicted octanol–water partition coefficient (Wildman–Crippen LogP) is 7.70. The van der Waals surface area contributed by atoms with E-state index in [9.17, 15) is 4.39 Å². The predicted molar refractivity (Wildman–Crippen MR) is 155 cm³/mol. The zero-order valence-electron chi connectivity index (χ0n) is 23.7. The number of nitrogens with zero attached hydrogens (tertiary/aromatic N) is 3. The van der Waals surface area contributed by atoms with Crippen molar-refractivity contribution < 1.29 is 4.39 Å². The van der Waals surface area contributed by atoms with Gasteiger partial charge in [-0.1, -0.05) is 37.6 Å². The number of rotatable bonds is 5. The van der Waals surface area contributed by atoms with Gasteiger partial charge >= 0.3 is 0 Å². The standard InChI is InChI=1S/C34H42FN3/c1-5-31-24(3)36-25(4)32(33(31)38-17-14-34(15-18-38)12-6-13-34)27-7-8-29-22-37(16-11-26(29)20-27)21-28-9-10-30(35)19-23(28)2/h7-10,19-20H,5-6,11-18,21-22H2,1-4H3. The SMILES string of the molecule is CCc1c(C)nc(C)c(-c2ccc3c(c2)CCN(Cc2ccc(F)cc2C)C3)c1N1CCC2(CCC2)CC1. The molecule has 4 heteroatoms. The fourth-order valence-corrected chi connectivity index (χ4v) is 7.35. The van der Waals surface area contributed by atoms with Crippen molar-refractivity contribution in [3.8, 4) is 11.1 Å². The van der Waals surface area contributed by atoms with Gasteiger partial charge < -0.3 is 4.90 Å². The molecule has 0 atom stereocenters. The largest absolute Gasteiger partial charge is 0.371 e. The maximum Gasteiger partial charge on any atom is 0.123 e. The maximum absolute atomic E-state index is 13.6. The Bertz CT molecular complexity index is 1350. The summed E-state index contributed by atoms with van der Waals surface area (Å²) >= 11 is 0. The first-order chi connectivity index (χ1) is 18.4. The van der Waals surface area contributed by atoms with E-state index in [1.54, 1.807) is 12.1 Å². The molecule has 3 aliphatic rings. The minimum atomic E-state index is -0.152. The second-order valence-electron chi connectivity index (χ2n) is 12.2. The molecule has 1 spiro atoms. The number of halogens is 1. The molecule has 0 N–H and O–H groups in total. The van der Waals surface area contributed by atoms with E-state index >= 15 is 0 Å². The van der Waals surface area contributed by atoms with Gasteiger partial charge in [0.2, 0.25) is 0 Å². The highest BCUT2D eigenvalue weighted by molar-refractivity contribution is 5.84. The van der Waals surface area contributed by atoms with Crippen LogP contribution in [-0.4, -0.2) is 29.5 Å². The average molecular weight is 512 g/mol. The van der Waals surface area contributed by atoms with Crippen LogP contribution in [0.5, 0.6) is 0 Å². The number of fused-ring (bicyclic) bond motifs is 1. The molecule has 1 aromatic heterocycles. The van der Waals surface area contributed by atoms with Crippen LogP contribution in [0.4, 0.5) is 10.1 Å². The number of hydrogen-bond donors (Lipinski definition) is 0. The lowest BCUT2D eigenvalue weighted by Gasteiger charge is -2.49. The monoisotopic (exact) mass is 511 g/mol. The summed E-state index contributed by atoms with van der Waals surface area (Å²) in [6.45, 7) is 13.9. The lowest BCUT2D eigenvalue weighted by molar-refractivity contribution is 0.0955. The molecule has 0 amide bonds. The van der Waals surface area contributed by atoms with Gasteiger partial charge in [0.1, 0.15) is 5.82 Å². The lowest BCUT2D eigenvalue weighted by atomic mass is 9.63. The Morgan fingerprint density at radius 1 is 0.895 bits per heavy atom. The molecular weight excluding hydrogens is 469 g/mol. The molecule has 2 aromatic carbocycles. The fraction of sp³-hybridized carbons (Fsp3) is 0.500. The van der Waals surface area contributed by atoms with Crippen molar-refractivity contribution in [2.45, 2.75) is 85.7 Å². The van der Waals surface area contributed by atoms with E-state index in [0.29, 0.717) is 5.41 Å². The summed E-state index contributed by atoms with van der Waals surface area (Å²) in [7, 11) is 0. The summed E-state index contributed by atoms with van der Waals surface area (Å²) in [4.78, 5) is 10.2. The van der Waals surface area contributed by atoms with Gasteiger partial charge in [0.15, 0.2) is 0 Å². The van der Waals surface area contributed by atoms with Crippen molar-refractivity contribution in [1.82, 2.24) is 9.88 Å². The van der Waals surface area contributed by atoms with Crippen molar-refractivity contribution in [2.75, 3.05) is 24.5 Å². The van der Waals surface area contributed by atoms with E-state index in [1.807, 2.05) is 13.0 Å². The molecular formula is C34H42FN3.